The second-order valence-corrected chi connectivity index (χ2v) is 6.70. The quantitative estimate of drug-likeness (QED) is 0.624. The van der Waals surface area contributed by atoms with Crippen LogP contribution in [0.1, 0.15) is 36.2 Å². The van der Waals surface area contributed by atoms with Gasteiger partial charge in [-0.3, -0.25) is 4.79 Å². The van der Waals surface area contributed by atoms with Crippen LogP contribution in [-0.2, 0) is 9.53 Å². The Labute approximate surface area is 161 Å². The molecule has 7 nitrogen and oxygen atoms in total. The van der Waals surface area contributed by atoms with Crippen molar-refractivity contribution in [2.45, 2.75) is 44.2 Å². The number of rotatable bonds is 1. The Morgan fingerprint density at radius 1 is 1.25 bits per heavy atom. The number of aromatic hydroxyl groups is 1. The van der Waals surface area contributed by atoms with Gasteiger partial charge >= 0.3 is 5.97 Å². The van der Waals surface area contributed by atoms with E-state index in [0.717, 1.165) is 19.1 Å². The van der Waals surface area contributed by atoms with Crippen LogP contribution in [0.5, 0.6) is 11.5 Å². The highest BCUT2D eigenvalue weighted by Gasteiger charge is 2.34. The fraction of sp³-hybridized carbons (Fsp3) is 0.400. The van der Waals surface area contributed by atoms with Gasteiger partial charge in [-0.1, -0.05) is 12.2 Å². The summed E-state index contributed by atoms with van der Waals surface area (Å²) in [6, 6.07) is 2.67. The van der Waals surface area contributed by atoms with Gasteiger partial charge in [-0.15, -0.1) is 0 Å². The smallest absolute Gasteiger partial charge is 0.342 e. The van der Waals surface area contributed by atoms with Gasteiger partial charge in [0.25, 0.3) is 0 Å². The molecular weight excluding hydrogens is 371 g/mol. The summed E-state index contributed by atoms with van der Waals surface area (Å²) in [5, 5.41) is 30.1. The van der Waals surface area contributed by atoms with Crippen molar-refractivity contribution in [1.29, 1.82) is 0 Å². The number of phenolic OH excluding ortho intramolecular Hbond substituents is 1. The highest BCUT2D eigenvalue weighted by molar-refractivity contribution is 5.97. The topological polar surface area (TPSA) is 113 Å². The molecule has 1 aromatic carbocycles. The van der Waals surface area contributed by atoms with Crippen LogP contribution < -0.4 is 4.74 Å². The van der Waals surface area contributed by atoms with E-state index in [1.165, 1.54) is 38.3 Å². The third-order valence-electron chi connectivity index (χ3n) is 4.54. The van der Waals surface area contributed by atoms with E-state index in [4.69, 9.17) is 9.47 Å². The number of carbonyl (C=O) groups is 2. The molecule has 1 aromatic rings. The molecule has 1 aliphatic rings. The summed E-state index contributed by atoms with van der Waals surface area (Å²) in [6.07, 6.45) is -0.123. The van der Waals surface area contributed by atoms with Crippen LogP contribution in [0.15, 0.2) is 30.4 Å². The Morgan fingerprint density at radius 2 is 1.93 bits per heavy atom. The number of cyclic esters (lactones) is 1. The van der Waals surface area contributed by atoms with Crippen LogP contribution in [0.25, 0.3) is 6.08 Å². The monoisotopic (exact) mass is 394 g/mol. The number of carbonyl (C=O) groups excluding carboxylic acids is 2. The largest absolute Gasteiger partial charge is 0.507 e. The normalized spacial score (nSPS) is 31.3. The van der Waals surface area contributed by atoms with Gasteiger partial charge in [0.1, 0.15) is 29.3 Å². The van der Waals surface area contributed by atoms with Gasteiger partial charge in [-0.25, -0.2) is 9.18 Å². The number of hydrogen-bond acceptors (Lipinski definition) is 7. The van der Waals surface area contributed by atoms with Crippen molar-refractivity contribution in [3.63, 3.8) is 0 Å². The molecule has 0 fully saturated rings. The summed E-state index contributed by atoms with van der Waals surface area (Å²) < 4.78 is 25.1. The lowest BCUT2D eigenvalue weighted by Gasteiger charge is -2.25. The van der Waals surface area contributed by atoms with Crippen molar-refractivity contribution in [3.8, 4) is 11.5 Å². The molecule has 0 saturated carbocycles. The van der Waals surface area contributed by atoms with E-state index in [1.54, 1.807) is 0 Å². The molecule has 152 valence electrons. The number of halogens is 1. The van der Waals surface area contributed by atoms with E-state index >= 15 is 0 Å². The number of methoxy groups -OCH3 is 1. The van der Waals surface area contributed by atoms with Crippen LogP contribution >= 0.6 is 0 Å². The van der Waals surface area contributed by atoms with Gasteiger partial charge in [0.15, 0.2) is 11.5 Å². The van der Waals surface area contributed by atoms with Gasteiger partial charge in [0.05, 0.1) is 13.2 Å². The molecule has 0 aliphatic carbocycles. The van der Waals surface area contributed by atoms with Gasteiger partial charge < -0.3 is 24.8 Å². The van der Waals surface area contributed by atoms with E-state index in [2.05, 4.69) is 0 Å². The predicted molar refractivity (Wildman–Crippen MR) is 98.9 cm³/mol. The molecule has 2 rings (SSSR count). The van der Waals surface area contributed by atoms with Crippen molar-refractivity contribution in [2.75, 3.05) is 7.11 Å². The first kappa shape index (κ1) is 21.6. The maximum absolute atomic E-state index is 14.8. The first-order valence-corrected chi connectivity index (χ1v) is 8.63. The lowest BCUT2D eigenvalue weighted by atomic mass is 9.98. The Bertz CT molecular complexity index is 813. The molecule has 0 bridgehead atoms. The number of ether oxygens (including phenoxy) is 2. The maximum Gasteiger partial charge on any atom is 0.342 e. The zero-order chi connectivity index (χ0) is 21.1. The molecule has 0 spiro atoms. The first-order chi connectivity index (χ1) is 13.1. The van der Waals surface area contributed by atoms with Gasteiger partial charge in [0.2, 0.25) is 0 Å². The lowest BCUT2D eigenvalue weighted by molar-refractivity contribution is -0.127. The third kappa shape index (κ3) is 4.76. The minimum Gasteiger partial charge on any atom is -0.507 e. The van der Waals surface area contributed by atoms with Crippen molar-refractivity contribution < 1.29 is 38.8 Å². The van der Waals surface area contributed by atoms with E-state index in [0.29, 0.717) is 0 Å². The fourth-order valence-corrected chi connectivity index (χ4v) is 2.56. The zero-order valence-electron chi connectivity index (χ0n) is 15.8. The molecule has 3 N–H and O–H groups in total. The number of alkyl halides is 1. The molecule has 28 heavy (non-hydrogen) atoms. The average Bonchev–Trinajstić information content (AvgIpc) is 2.63. The fourth-order valence-electron chi connectivity index (χ4n) is 2.56. The number of aliphatic hydroxyl groups excluding tert-OH is 2. The highest BCUT2D eigenvalue weighted by Crippen LogP contribution is 2.31. The van der Waals surface area contributed by atoms with Gasteiger partial charge in [-0.05, 0) is 44.1 Å². The summed E-state index contributed by atoms with van der Waals surface area (Å²) in [4.78, 5) is 24.5. The van der Waals surface area contributed by atoms with Crippen LogP contribution in [0.2, 0.25) is 0 Å². The molecule has 3 unspecified atom stereocenters. The van der Waals surface area contributed by atoms with Crippen molar-refractivity contribution >= 4 is 17.8 Å². The van der Waals surface area contributed by atoms with Crippen LogP contribution in [-0.4, -0.2) is 58.2 Å². The number of ketones is 1. The van der Waals surface area contributed by atoms with Crippen LogP contribution in [0.4, 0.5) is 4.39 Å². The molecule has 0 aromatic heterocycles. The summed E-state index contributed by atoms with van der Waals surface area (Å²) in [5.74, 6) is -2.00. The van der Waals surface area contributed by atoms with Crippen molar-refractivity contribution in [1.82, 2.24) is 0 Å². The molecule has 1 heterocycles. The third-order valence-corrected chi connectivity index (χ3v) is 4.54. The number of aliphatic hydroxyl groups is 2. The van der Waals surface area contributed by atoms with E-state index in [1.807, 2.05) is 0 Å². The summed E-state index contributed by atoms with van der Waals surface area (Å²) in [5.41, 5.74) is -2.24. The summed E-state index contributed by atoms with van der Waals surface area (Å²) >= 11 is 0. The molecule has 4 atom stereocenters. The number of benzene rings is 1. The van der Waals surface area contributed by atoms with E-state index in [-0.39, 0.29) is 23.3 Å². The Balaban J connectivity index is 2.55. The molecule has 1 aliphatic heterocycles. The molecule has 0 amide bonds. The van der Waals surface area contributed by atoms with Crippen LogP contribution in [0.3, 0.4) is 0 Å². The number of fused-ring (bicyclic) bond motifs is 1. The molecule has 0 radical (unpaired) electrons. The number of phenols is 1. The minimum atomic E-state index is -2.24. The minimum absolute atomic E-state index is 0.128. The SMILES string of the molecule is COc1cc(O)c2c(c1)/C=C/CC(O)C(O)C(=O)/C=C\[C@](C)(F)C(C)OC2=O. The van der Waals surface area contributed by atoms with E-state index in [9.17, 15) is 29.3 Å². The van der Waals surface area contributed by atoms with Gasteiger partial charge in [-0.2, -0.15) is 0 Å². The summed E-state index contributed by atoms with van der Waals surface area (Å²) in [6.45, 7) is 2.39. The van der Waals surface area contributed by atoms with Crippen molar-refractivity contribution in [3.05, 3.63) is 41.5 Å². The second-order valence-electron chi connectivity index (χ2n) is 6.70. The van der Waals surface area contributed by atoms with Crippen molar-refractivity contribution in [2.24, 2.45) is 0 Å². The van der Waals surface area contributed by atoms with Crippen LogP contribution in [0, 0.1) is 0 Å². The standard InChI is InChI=1S/C20H23FO7/c1-11-20(2,21)8-7-15(23)18(25)14(22)6-4-5-12-9-13(27-3)10-16(24)17(12)19(26)28-11/h4-5,7-11,14,18,22,24-25H,6H2,1-3H3/b5-4+,8-7-/t11?,14?,18?,20-/m0/s1. The maximum atomic E-state index is 14.8. The molecule has 8 heteroatoms. The second kappa shape index (κ2) is 8.53. The molecule has 0 saturated heterocycles. The Kier molecular flexibility index (Phi) is 6.58. The molecular formula is C20H23FO7. The number of hydrogen-bond donors (Lipinski definition) is 3. The van der Waals surface area contributed by atoms with E-state index < -0.39 is 41.5 Å². The predicted octanol–water partition coefficient (Wildman–Crippen LogP) is 1.94. The Morgan fingerprint density at radius 3 is 2.57 bits per heavy atom. The van der Waals surface area contributed by atoms with Gasteiger partial charge in [0, 0.05) is 6.07 Å². The lowest BCUT2D eigenvalue weighted by Crippen LogP contribution is -2.36. The first-order valence-electron chi connectivity index (χ1n) is 8.63. The summed E-state index contributed by atoms with van der Waals surface area (Å²) in [7, 11) is 1.38. The number of esters is 1. The Hall–Kier alpha value is -2.71. The average molecular weight is 394 g/mol. The zero-order valence-corrected chi connectivity index (χ0v) is 15.8. The highest BCUT2D eigenvalue weighted by atomic mass is 19.1.